The number of hydrogen-bond donors (Lipinski definition) is 0. The van der Waals surface area contributed by atoms with E-state index >= 15 is 0 Å². The first-order chi connectivity index (χ1) is 7.43. The maximum atomic E-state index is 12.4. The van der Waals surface area contributed by atoms with E-state index in [9.17, 15) is 13.2 Å². The molecule has 0 fully saturated rings. The normalized spacial score (nSPS) is 12.3. The highest BCUT2D eigenvalue weighted by Crippen LogP contribution is 2.29. The van der Waals surface area contributed by atoms with E-state index in [1.165, 1.54) is 6.20 Å². The molecule has 0 unspecified atom stereocenters. The van der Waals surface area contributed by atoms with E-state index in [2.05, 4.69) is 10.1 Å². The number of halogens is 4. The van der Waals surface area contributed by atoms with Crippen LogP contribution in [-0.4, -0.2) is 14.6 Å². The lowest BCUT2D eigenvalue weighted by molar-refractivity contribution is -0.144. The van der Waals surface area contributed by atoms with Crippen LogP contribution < -0.4 is 0 Å². The molecule has 0 spiro atoms. The van der Waals surface area contributed by atoms with Crippen molar-refractivity contribution < 1.29 is 13.2 Å². The zero-order valence-electron chi connectivity index (χ0n) is 8.22. The molecule has 0 bridgehead atoms. The summed E-state index contributed by atoms with van der Waals surface area (Å²) in [6, 6.07) is 1.63. The summed E-state index contributed by atoms with van der Waals surface area (Å²) in [6.45, 7) is 1.86. The largest absolute Gasteiger partial charge is 0.453 e. The fourth-order valence-electron chi connectivity index (χ4n) is 1.35. The average Bonchev–Trinajstić information content (AvgIpc) is 2.62. The summed E-state index contributed by atoms with van der Waals surface area (Å²) in [5.41, 5.74) is 0.781. The Bertz CT molecular complexity index is 533. The summed E-state index contributed by atoms with van der Waals surface area (Å²) in [7, 11) is 0. The van der Waals surface area contributed by atoms with E-state index in [-0.39, 0.29) is 10.7 Å². The lowest BCUT2D eigenvalue weighted by Gasteiger charge is -2.00. The number of hydrogen-bond acceptors (Lipinski definition) is 2. The molecule has 7 heteroatoms. The number of rotatable bonds is 1. The van der Waals surface area contributed by atoms with Crippen molar-refractivity contribution in [3.8, 4) is 0 Å². The highest BCUT2D eigenvalue weighted by molar-refractivity contribution is 6.34. The zero-order chi connectivity index (χ0) is 11.9. The summed E-state index contributed by atoms with van der Waals surface area (Å²) >= 11 is 5.91. The van der Waals surface area contributed by atoms with Gasteiger partial charge in [0.2, 0.25) is 0 Å². The minimum Gasteiger partial charge on any atom is -0.219 e. The van der Waals surface area contributed by atoms with Crippen molar-refractivity contribution in [1.29, 1.82) is 0 Å². The Morgan fingerprint density at radius 1 is 1.44 bits per heavy atom. The van der Waals surface area contributed by atoms with Crippen molar-refractivity contribution in [2.45, 2.75) is 19.5 Å². The molecule has 86 valence electrons. The van der Waals surface area contributed by atoms with Gasteiger partial charge in [0.05, 0.1) is 5.02 Å². The topological polar surface area (TPSA) is 30.2 Å². The fourth-order valence-corrected chi connectivity index (χ4v) is 1.67. The maximum Gasteiger partial charge on any atom is 0.453 e. The average molecular weight is 250 g/mol. The molecule has 0 aliphatic rings. The Balaban J connectivity index is 2.67. The molecule has 0 aliphatic carbocycles. The Morgan fingerprint density at radius 3 is 2.69 bits per heavy atom. The van der Waals surface area contributed by atoms with Crippen LogP contribution in [0.2, 0.25) is 5.02 Å². The van der Waals surface area contributed by atoms with Gasteiger partial charge in [-0.25, -0.2) is 9.50 Å². The van der Waals surface area contributed by atoms with Crippen LogP contribution in [0.3, 0.4) is 0 Å². The second-order valence-corrected chi connectivity index (χ2v) is 3.59. The van der Waals surface area contributed by atoms with E-state index in [1.807, 2.05) is 6.92 Å². The van der Waals surface area contributed by atoms with Gasteiger partial charge < -0.3 is 0 Å². The molecule has 0 radical (unpaired) electrons. The molecule has 3 nitrogen and oxygen atoms in total. The molecule has 2 heterocycles. The van der Waals surface area contributed by atoms with Gasteiger partial charge in [0.25, 0.3) is 5.82 Å². The number of aromatic nitrogens is 3. The van der Waals surface area contributed by atoms with Crippen LogP contribution in [0, 0.1) is 0 Å². The van der Waals surface area contributed by atoms with Crippen molar-refractivity contribution in [1.82, 2.24) is 14.6 Å². The van der Waals surface area contributed by atoms with Crippen LogP contribution in [0.1, 0.15) is 18.3 Å². The number of aryl methyl sites for hydroxylation is 1. The molecule has 0 amide bonds. The standard InChI is InChI=1S/C9H7ClF3N3/c1-2-5-3-4-16-7(6(5)10)14-8(15-16)9(11,12)13/h3-4H,2H2,1H3. The molecule has 2 rings (SSSR count). The molecular weight excluding hydrogens is 243 g/mol. The molecule has 0 atom stereocenters. The predicted octanol–water partition coefficient (Wildman–Crippen LogP) is 2.96. The summed E-state index contributed by atoms with van der Waals surface area (Å²) in [4.78, 5) is 3.39. The van der Waals surface area contributed by atoms with Crippen LogP contribution in [0.5, 0.6) is 0 Å². The van der Waals surface area contributed by atoms with E-state index in [1.54, 1.807) is 6.07 Å². The van der Waals surface area contributed by atoms with Gasteiger partial charge in [0.15, 0.2) is 5.65 Å². The third-order valence-electron chi connectivity index (χ3n) is 2.16. The van der Waals surface area contributed by atoms with E-state index < -0.39 is 12.0 Å². The molecule has 0 saturated carbocycles. The molecule has 2 aromatic rings. The van der Waals surface area contributed by atoms with Crippen LogP contribution in [0.15, 0.2) is 12.3 Å². The minimum absolute atomic E-state index is 0.0355. The number of alkyl halides is 3. The first kappa shape index (κ1) is 11.2. The molecule has 0 N–H and O–H groups in total. The van der Waals surface area contributed by atoms with Gasteiger partial charge in [0.1, 0.15) is 0 Å². The molecule has 0 aromatic carbocycles. The molecule has 0 aliphatic heterocycles. The van der Waals surface area contributed by atoms with Gasteiger partial charge in [-0.05, 0) is 18.1 Å². The van der Waals surface area contributed by atoms with Gasteiger partial charge in [0, 0.05) is 6.20 Å². The van der Waals surface area contributed by atoms with Crippen molar-refractivity contribution in [2.75, 3.05) is 0 Å². The lowest BCUT2D eigenvalue weighted by Crippen LogP contribution is -2.07. The minimum atomic E-state index is -4.55. The Hall–Kier alpha value is -1.30. The van der Waals surface area contributed by atoms with Crippen molar-refractivity contribution >= 4 is 17.2 Å². The fraction of sp³-hybridized carbons (Fsp3) is 0.333. The van der Waals surface area contributed by atoms with Crippen molar-refractivity contribution in [2.24, 2.45) is 0 Å². The number of nitrogens with zero attached hydrogens (tertiary/aromatic N) is 3. The SMILES string of the molecule is CCc1ccn2nc(C(F)(F)F)nc2c1Cl. The number of fused-ring (bicyclic) bond motifs is 1. The summed E-state index contributed by atoms with van der Waals surface area (Å²) < 4.78 is 38.1. The zero-order valence-corrected chi connectivity index (χ0v) is 8.97. The highest BCUT2D eigenvalue weighted by atomic mass is 35.5. The second kappa shape index (κ2) is 3.62. The van der Waals surface area contributed by atoms with E-state index in [4.69, 9.17) is 11.6 Å². The summed E-state index contributed by atoms with van der Waals surface area (Å²) in [6.07, 6.45) is -2.51. The van der Waals surface area contributed by atoms with Crippen LogP contribution in [0.25, 0.3) is 5.65 Å². The molecule has 16 heavy (non-hydrogen) atoms. The van der Waals surface area contributed by atoms with Gasteiger partial charge in [-0.2, -0.15) is 13.2 Å². The van der Waals surface area contributed by atoms with Crippen LogP contribution in [-0.2, 0) is 12.6 Å². The first-order valence-electron chi connectivity index (χ1n) is 4.54. The lowest BCUT2D eigenvalue weighted by atomic mass is 10.2. The first-order valence-corrected chi connectivity index (χ1v) is 4.92. The van der Waals surface area contributed by atoms with E-state index in [0.717, 1.165) is 10.1 Å². The molecule has 0 saturated heterocycles. The Morgan fingerprint density at radius 2 is 2.12 bits per heavy atom. The predicted molar refractivity (Wildman–Crippen MR) is 52.4 cm³/mol. The van der Waals surface area contributed by atoms with Crippen LogP contribution in [0.4, 0.5) is 13.2 Å². The quantitative estimate of drug-likeness (QED) is 0.778. The second-order valence-electron chi connectivity index (χ2n) is 3.21. The molecule has 2 aromatic heterocycles. The maximum absolute atomic E-state index is 12.4. The van der Waals surface area contributed by atoms with Gasteiger partial charge >= 0.3 is 6.18 Å². The van der Waals surface area contributed by atoms with Crippen molar-refractivity contribution in [3.63, 3.8) is 0 Å². The van der Waals surface area contributed by atoms with Gasteiger partial charge in [-0.15, -0.1) is 5.10 Å². The Labute approximate surface area is 93.9 Å². The highest BCUT2D eigenvalue weighted by Gasteiger charge is 2.36. The third kappa shape index (κ3) is 1.73. The number of pyridine rings is 1. The van der Waals surface area contributed by atoms with Gasteiger partial charge in [-0.1, -0.05) is 18.5 Å². The van der Waals surface area contributed by atoms with Gasteiger partial charge in [-0.3, -0.25) is 0 Å². The monoisotopic (exact) mass is 249 g/mol. The third-order valence-corrected chi connectivity index (χ3v) is 2.57. The smallest absolute Gasteiger partial charge is 0.219 e. The van der Waals surface area contributed by atoms with E-state index in [0.29, 0.717) is 6.42 Å². The molecular formula is C9H7ClF3N3. The Kier molecular flexibility index (Phi) is 2.53. The summed E-state index contributed by atoms with van der Waals surface area (Å²) in [5.74, 6) is -1.18. The van der Waals surface area contributed by atoms with Crippen LogP contribution >= 0.6 is 11.6 Å². The summed E-state index contributed by atoms with van der Waals surface area (Å²) in [5, 5.41) is 3.53. The van der Waals surface area contributed by atoms with Crippen molar-refractivity contribution in [3.05, 3.63) is 28.7 Å².